The van der Waals surface area contributed by atoms with Crippen molar-refractivity contribution in [2.45, 2.75) is 25.7 Å². The fourth-order valence-electron chi connectivity index (χ4n) is 1.51. The first-order valence-corrected chi connectivity index (χ1v) is 5.24. The van der Waals surface area contributed by atoms with Crippen LogP contribution < -0.4 is 0 Å². The first kappa shape index (κ1) is 13.5. The first-order chi connectivity index (χ1) is 8.06. The Balaban J connectivity index is 2.87. The van der Waals surface area contributed by atoms with E-state index in [0.29, 0.717) is 0 Å². The van der Waals surface area contributed by atoms with Crippen LogP contribution in [0.15, 0.2) is 24.3 Å². The number of benzene rings is 1. The Bertz CT molecular complexity index is 380. The van der Waals surface area contributed by atoms with Crippen molar-refractivity contribution < 1.29 is 22.7 Å². The van der Waals surface area contributed by atoms with Crippen molar-refractivity contribution in [3.05, 3.63) is 35.6 Å². The molecule has 0 radical (unpaired) electrons. The van der Waals surface area contributed by atoms with Gasteiger partial charge in [-0.3, -0.25) is 4.79 Å². The SMILES string of the molecule is CCOC(=O)C[C@H](c1ccccc1F)C(F)F. The zero-order valence-corrected chi connectivity index (χ0v) is 9.33. The quantitative estimate of drug-likeness (QED) is 0.746. The molecule has 0 fully saturated rings. The maximum Gasteiger partial charge on any atom is 0.306 e. The van der Waals surface area contributed by atoms with Crippen molar-refractivity contribution in [2.75, 3.05) is 6.61 Å². The molecular weight excluding hydrogens is 233 g/mol. The number of alkyl halides is 2. The number of ether oxygens (including phenoxy) is 1. The molecule has 0 saturated carbocycles. The van der Waals surface area contributed by atoms with Gasteiger partial charge in [0.05, 0.1) is 18.9 Å². The second-order valence-corrected chi connectivity index (χ2v) is 3.47. The highest BCUT2D eigenvalue weighted by atomic mass is 19.3. The summed E-state index contributed by atoms with van der Waals surface area (Å²) >= 11 is 0. The van der Waals surface area contributed by atoms with Crippen molar-refractivity contribution in [3.8, 4) is 0 Å². The second kappa shape index (κ2) is 6.27. The van der Waals surface area contributed by atoms with Gasteiger partial charge in [0.1, 0.15) is 5.82 Å². The normalized spacial score (nSPS) is 12.5. The molecule has 5 heteroatoms. The van der Waals surface area contributed by atoms with Gasteiger partial charge in [0.2, 0.25) is 6.43 Å². The van der Waals surface area contributed by atoms with Crippen LogP contribution in [0.5, 0.6) is 0 Å². The zero-order valence-electron chi connectivity index (χ0n) is 9.33. The van der Waals surface area contributed by atoms with Gasteiger partial charge in [0.25, 0.3) is 0 Å². The highest BCUT2D eigenvalue weighted by Gasteiger charge is 2.28. The largest absolute Gasteiger partial charge is 0.466 e. The lowest BCUT2D eigenvalue weighted by atomic mass is 9.96. The molecular formula is C12H13F3O2. The van der Waals surface area contributed by atoms with Gasteiger partial charge in [-0.2, -0.15) is 0 Å². The van der Waals surface area contributed by atoms with Crippen molar-refractivity contribution in [1.82, 2.24) is 0 Å². The number of halogens is 3. The molecule has 0 saturated heterocycles. The van der Waals surface area contributed by atoms with E-state index in [4.69, 9.17) is 0 Å². The van der Waals surface area contributed by atoms with Gasteiger partial charge in [-0.1, -0.05) is 18.2 Å². The molecule has 2 nitrogen and oxygen atoms in total. The highest BCUT2D eigenvalue weighted by Crippen LogP contribution is 2.29. The average molecular weight is 246 g/mol. The minimum absolute atomic E-state index is 0.117. The topological polar surface area (TPSA) is 26.3 Å². The fraction of sp³-hybridized carbons (Fsp3) is 0.417. The molecule has 0 spiro atoms. The van der Waals surface area contributed by atoms with Gasteiger partial charge in [-0.25, -0.2) is 13.2 Å². The van der Waals surface area contributed by atoms with Gasteiger partial charge >= 0.3 is 5.97 Å². The van der Waals surface area contributed by atoms with Crippen LogP contribution in [0.4, 0.5) is 13.2 Å². The Hall–Kier alpha value is -1.52. The van der Waals surface area contributed by atoms with E-state index >= 15 is 0 Å². The number of esters is 1. The molecule has 0 aliphatic heterocycles. The van der Waals surface area contributed by atoms with E-state index in [9.17, 15) is 18.0 Å². The van der Waals surface area contributed by atoms with Gasteiger partial charge in [-0.05, 0) is 18.6 Å². The highest BCUT2D eigenvalue weighted by molar-refractivity contribution is 5.70. The summed E-state index contributed by atoms with van der Waals surface area (Å²) in [4.78, 5) is 11.2. The van der Waals surface area contributed by atoms with Gasteiger partial charge < -0.3 is 4.74 Å². The summed E-state index contributed by atoms with van der Waals surface area (Å²) in [6.07, 6.45) is -3.33. The molecule has 0 bridgehead atoms. The third-order valence-electron chi connectivity index (χ3n) is 2.30. The van der Waals surface area contributed by atoms with E-state index in [2.05, 4.69) is 4.74 Å². The Labute approximate surface area is 97.4 Å². The van der Waals surface area contributed by atoms with Crippen LogP contribution in [0.2, 0.25) is 0 Å². The lowest BCUT2D eigenvalue weighted by molar-refractivity contribution is -0.144. The summed E-state index contributed by atoms with van der Waals surface area (Å²) < 4.78 is 43.5. The molecule has 0 N–H and O–H groups in total. The molecule has 17 heavy (non-hydrogen) atoms. The van der Waals surface area contributed by atoms with Crippen molar-refractivity contribution in [1.29, 1.82) is 0 Å². The summed E-state index contributed by atoms with van der Waals surface area (Å²) in [5, 5.41) is 0. The molecule has 0 aliphatic carbocycles. The number of rotatable bonds is 5. The fourth-order valence-corrected chi connectivity index (χ4v) is 1.51. The minimum atomic E-state index is -2.81. The van der Waals surface area contributed by atoms with E-state index in [1.807, 2.05) is 0 Å². The Morgan fingerprint density at radius 3 is 2.53 bits per heavy atom. The van der Waals surface area contributed by atoms with Crippen LogP contribution in [0.25, 0.3) is 0 Å². The third kappa shape index (κ3) is 3.76. The third-order valence-corrected chi connectivity index (χ3v) is 2.30. The molecule has 0 aliphatic rings. The average Bonchev–Trinajstić information content (AvgIpc) is 2.27. The number of hydrogen-bond acceptors (Lipinski definition) is 2. The van der Waals surface area contributed by atoms with Gasteiger partial charge in [0.15, 0.2) is 0 Å². The van der Waals surface area contributed by atoms with Crippen LogP contribution in [-0.2, 0) is 9.53 Å². The molecule has 0 heterocycles. The van der Waals surface area contributed by atoms with E-state index in [1.165, 1.54) is 18.2 Å². The van der Waals surface area contributed by atoms with Gasteiger partial charge in [0, 0.05) is 0 Å². The molecule has 1 aromatic carbocycles. The maximum atomic E-state index is 13.4. The molecule has 1 atom stereocenters. The molecule has 0 aromatic heterocycles. The number of hydrogen-bond donors (Lipinski definition) is 0. The Morgan fingerprint density at radius 1 is 1.35 bits per heavy atom. The maximum absolute atomic E-state index is 13.4. The minimum Gasteiger partial charge on any atom is -0.466 e. The van der Waals surface area contributed by atoms with Crippen LogP contribution in [0, 0.1) is 5.82 Å². The first-order valence-electron chi connectivity index (χ1n) is 5.24. The summed E-state index contributed by atoms with van der Waals surface area (Å²) in [5.74, 6) is -2.95. The van der Waals surface area contributed by atoms with E-state index < -0.39 is 30.6 Å². The monoisotopic (exact) mass is 246 g/mol. The van der Waals surface area contributed by atoms with Gasteiger partial charge in [-0.15, -0.1) is 0 Å². The van der Waals surface area contributed by atoms with E-state index in [-0.39, 0.29) is 12.2 Å². The van der Waals surface area contributed by atoms with Crippen molar-refractivity contribution >= 4 is 5.97 Å². The number of carbonyl (C=O) groups is 1. The molecule has 1 aromatic rings. The number of carbonyl (C=O) groups excluding carboxylic acids is 1. The summed E-state index contributed by atoms with van der Waals surface area (Å²) in [6, 6.07) is 5.21. The Morgan fingerprint density at radius 2 is 2.00 bits per heavy atom. The van der Waals surface area contributed by atoms with Crippen LogP contribution in [-0.4, -0.2) is 19.0 Å². The molecule has 1 rings (SSSR count). The standard InChI is InChI=1S/C12H13F3O2/c1-2-17-11(16)7-9(12(14)15)8-5-3-4-6-10(8)13/h3-6,9,12H,2,7H2,1H3/t9-/m1/s1. The lowest BCUT2D eigenvalue weighted by Gasteiger charge is -2.16. The van der Waals surface area contributed by atoms with Crippen molar-refractivity contribution in [3.63, 3.8) is 0 Å². The Kier molecular flexibility index (Phi) is 5.00. The summed E-state index contributed by atoms with van der Waals surface area (Å²) in [5.41, 5.74) is -0.157. The summed E-state index contributed by atoms with van der Waals surface area (Å²) in [7, 11) is 0. The van der Waals surface area contributed by atoms with E-state index in [1.54, 1.807) is 6.92 Å². The summed E-state index contributed by atoms with van der Waals surface area (Å²) in [6.45, 7) is 1.70. The van der Waals surface area contributed by atoms with E-state index in [0.717, 1.165) is 6.07 Å². The lowest BCUT2D eigenvalue weighted by Crippen LogP contribution is -2.17. The van der Waals surface area contributed by atoms with Crippen LogP contribution in [0.1, 0.15) is 24.8 Å². The molecule has 0 unspecified atom stereocenters. The van der Waals surface area contributed by atoms with Crippen LogP contribution in [0.3, 0.4) is 0 Å². The molecule has 0 amide bonds. The van der Waals surface area contributed by atoms with Crippen LogP contribution >= 0.6 is 0 Å². The predicted molar refractivity (Wildman–Crippen MR) is 56.4 cm³/mol. The van der Waals surface area contributed by atoms with Crippen molar-refractivity contribution in [2.24, 2.45) is 0 Å². The molecule has 94 valence electrons. The predicted octanol–water partition coefficient (Wildman–Crippen LogP) is 3.13. The zero-order chi connectivity index (χ0) is 12.8. The smallest absolute Gasteiger partial charge is 0.306 e. The second-order valence-electron chi connectivity index (χ2n) is 3.47.